The van der Waals surface area contributed by atoms with E-state index in [9.17, 15) is 4.79 Å². The van der Waals surface area contributed by atoms with Crippen LogP contribution >= 0.6 is 0 Å². The predicted molar refractivity (Wildman–Crippen MR) is 87.4 cm³/mol. The van der Waals surface area contributed by atoms with Gasteiger partial charge in [-0.3, -0.25) is 0 Å². The van der Waals surface area contributed by atoms with Gasteiger partial charge in [0.25, 0.3) is 0 Å². The highest BCUT2D eigenvalue weighted by atomic mass is 16.8. The van der Waals surface area contributed by atoms with Gasteiger partial charge in [0.05, 0.1) is 6.61 Å². The van der Waals surface area contributed by atoms with Crippen LogP contribution in [0.1, 0.15) is 26.3 Å². The molecule has 0 N–H and O–H groups in total. The normalized spacial score (nSPS) is 36.2. The minimum Gasteiger partial charge on any atom is -0.452 e. The van der Waals surface area contributed by atoms with Crippen LogP contribution in [0.3, 0.4) is 0 Å². The molecule has 3 aliphatic heterocycles. The predicted octanol–water partition coefficient (Wildman–Crippen LogP) is 2.32. The van der Waals surface area contributed by atoms with E-state index in [1.165, 1.54) is 0 Å². The van der Waals surface area contributed by atoms with E-state index in [0.29, 0.717) is 12.2 Å². The van der Waals surface area contributed by atoms with Crippen LogP contribution in [-0.2, 0) is 35.1 Å². The molecule has 0 saturated carbocycles. The van der Waals surface area contributed by atoms with Crippen LogP contribution in [0.2, 0.25) is 0 Å². The fourth-order valence-corrected chi connectivity index (χ4v) is 3.45. The molecule has 0 spiro atoms. The van der Waals surface area contributed by atoms with E-state index < -0.39 is 30.4 Å². The Labute approximate surface area is 146 Å². The van der Waals surface area contributed by atoms with Crippen LogP contribution in [0.4, 0.5) is 0 Å². The van der Waals surface area contributed by atoms with Crippen LogP contribution in [0.15, 0.2) is 42.0 Å². The number of rotatable bonds is 4. The molecule has 0 aromatic heterocycles. The van der Waals surface area contributed by atoms with E-state index >= 15 is 0 Å². The molecule has 1 aromatic carbocycles. The Balaban J connectivity index is 1.53. The third-order valence-electron chi connectivity index (χ3n) is 4.62. The molecule has 0 amide bonds. The molecule has 2 fully saturated rings. The number of ether oxygens (including phenoxy) is 5. The van der Waals surface area contributed by atoms with Crippen molar-refractivity contribution in [1.82, 2.24) is 0 Å². The molecule has 1 unspecified atom stereocenters. The third kappa shape index (κ3) is 3.22. The average Bonchev–Trinajstić information content (AvgIpc) is 3.16. The lowest BCUT2D eigenvalue weighted by Crippen LogP contribution is -2.42. The van der Waals surface area contributed by atoms with Crippen molar-refractivity contribution in [2.75, 3.05) is 0 Å². The molecule has 5 atom stereocenters. The molecule has 6 heteroatoms. The van der Waals surface area contributed by atoms with Crippen LogP contribution < -0.4 is 0 Å². The van der Waals surface area contributed by atoms with E-state index in [1.54, 1.807) is 13.0 Å². The van der Waals surface area contributed by atoms with Gasteiger partial charge in [0.1, 0.15) is 24.4 Å². The van der Waals surface area contributed by atoms with Crippen molar-refractivity contribution in [3.8, 4) is 0 Å². The number of cyclic esters (lactones) is 1. The summed E-state index contributed by atoms with van der Waals surface area (Å²) in [6.07, 6.45) is -0.472. The van der Waals surface area contributed by atoms with Gasteiger partial charge in [-0.05, 0) is 32.4 Å². The third-order valence-corrected chi connectivity index (χ3v) is 4.62. The van der Waals surface area contributed by atoms with Gasteiger partial charge in [-0.1, -0.05) is 30.3 Å². The molecule has 0 aliphatic carbocycles. The maximum absolute atomic E-state index is 11.7. The van der Waals surface area contributed by atoms with Crippen molar-refractivity contribution in [3.05, 3.63) is 47.5 Å². The number of carbonyl (C=O) groups is 1. The van der Waals surface area contributed by atoms with Crippen molar-refractivity contribution in [1.29, 1.82) is 0 Å². The summed E-state index contributed by atoms with van der Waals surface area (Å²) in [7, 11) is 0. The molecule has 6 nitrogen and oxygen atoms in total. The summed E-state index contributed by atoms with van der Waals surface area (Å²) in [4.78, 5) is 11.7. The minimum atomic E-state index is -0.729. The molecule has 3 aliphatic rings. The zero-order valence-corrected chi connectivity index (χ0v) is 14.5. The average molecular weight is 346 g/mol. The summed E-state index contributed by atoms with van der Waals surface area (Å²) in [5.41, 5.74) is 1.63. The number of benzene rings is 1. The Kier molecular flexibility index (Phi) is 4.16. The zero-order chi connectivity index (χ0) is 17.6. The quantitative estimate of drug-likeness (QED) is 0.780. The lowest BCUT2D eigenvalue weighted by atomic mass is 10.0. The number of fused-ring (bicyclic) bond motifs is 1. The second kappa shape index (κ2) is 6.21. The van der Waals surface area contributed by atoms with E-state index in [4.69, 9.17) is 23.7 Å². The first-order valence-electron chi connectivity index (χ1n) is 8.49. The fourth-order valence-electron chi connectivity index (χ4n) is 3.45. The Morgan fingerprint density at radius 1 is 1.12 bits per heavy atom. The molecule has 25 heavy (non-hydrogen) atoms. The largest absolute Gasteiger partial charge is 0.452 e. The first-order valence-corrected chi connectivity index (χ1v) is 8.49. The van der Waals surface area contributed by atoms with Gasteiger partial charge in [0.2, 0.25) is 0 Å². The zero-order valence-electron chi connectivity index (χ0n) is 14.5. The summed E-state index contributed by atoms with van der Waals surface area (Å²) in [6, 6.07) is 9.89. The maximum Gasteiger partial charge on any atom is 0.334 e. The smallest absolute Gasteiger partial charge is 0.334 e. The van der Waals surface area contributed by atoms with Crippen molar-refractivity contribution in [3.63, 3.8) is 0 Å². The van der Waals surface area contributed by atoms with Crippen molar-refractivity contribution < 1.29 is 28.5 Å². The van der Waals surface area contributed by atoms with E-state index in [1.807, 2.05) is 44.2 Å². The maximum atomic E-state index is 11.7. The number of carbonyl (C=O) groups excluding carboxylic acids is 1. The topological polar surface area (TPSA) is 63.2 Å². The molecule has 4 rings (SSSR count). The number of esters is 1. The molecular formula is C19H22O6. The molecule has 2 saturated heterocycles. The first-order chi connectivity index (χ1) is 11.9. The molecule has 134 valence electrons. The van der Waals surface area contributed by atoms with E-state index in [0.717, 1.165) is 5.56 Å². The summed E-state index contributed by atoms with van der Waals surface area (Å²) in [6.45, 7) is 5.84. The summed E-state index contributed by atoms with van der Waals surface area (Å²) >= 11 is 0. The van der Waals surface area contributed by atoms with Crippen molar-refractivity contribution in [2.45, 2.75) is 63.9 Å². The van der Waals surface area contributed by atoms with Gasteiger partial charge in [0, 0.05) is 5.57 Å². The van der Waals surface area contributed by atoms with Gasteiger partial charge in [-0.25, -0.2) is 4.79 Å². The van der Waals surface area contributed by atoms with Crippen LogP contribution in [0.25, 0.3) is 0 Å². The highest BCUT2D eigenvalue weighted by Crippen LogP contribution is 2.41. The second-order valence-corrected chi connectivity index (χ2v) is 7.05. The van der Waals surface area contributed by atoms with E-state index in [2.05, 4.69) is 0 Å². The first kappa shape index (κ1) is 16.7. The molecular weight excluding hydrogens is 324 g/mol. The van der Waals surface area contributed by atoms with Gasteiger partial charge < -0.3 is 23.7 Å². The molecule has 3 heterocycles. The Hall–Kier alpha value is -1.73. The number of hydrogen-bond acceptors (Lipinski definition) is 6. The summed E-state index contributed by atoms with van der Waals surface area (Å²) < 4.78 is 29.4. The van der Waals surface area contributed by atoms with E-state index in [-0.39, 0.29) is 12.1 Å². The highest BCUT2D eigenvalue weighted by molar-refractivity contribution is 5.90. The Bertz CT molecular complexity index is 682. The SMILES string of the molecule is CC1=CC([C@@H]2O[C@@H]3OC(C)(C)O[C@@H]3[C@@H]2OCc2ccccc2)OC1=O. The lowest BCUT2D eigenvalue weighted by molar-refractivity contribution is -0.228. The van der Waals surface area contributed by atoms with Gasteiger partial charge in [0.15, 0.2) is 12.1 Å². The van der Waals surface area contributed by atoms with Crippen LogP contribution in [0.5, 0.6) is 0 Å². The monoisotopic (exact) mass is 346 g/mol. The molecule has 0 radical (unpaired) electrons. The molecule has 1 aromatic rings. The molecule has 0 bridgehead atoms. The van der Waals surface area contributed by atoms with Gasteiger partial charge >= 0.3 is 5.97 Å². The Morgan fingerprint density at radius 2 is 1.88 bits per heavy atom. The number of hydrogen-bond donors (Lipinski definition) is 0. The standard InChI is InChI=1S/C19H22O6/c1-11-9-13(22-17(11)20)14-15(21-10-12-7-5-4-6-8-12)16-18(23-14)25-19(2,3)24-16/h4-9,13-16,18H,10H2,1-3H3/t13?,14-,15+,16+,18+/m0/s1. The van der Waals surface area contributed by atoms with Gasteiger partial charge in [-0.15, -0.1) is 0 Å². The fraction of sp³-hybridized carbons (Fsp3) is 0.526. The van der Waals surface area contributed by atoms with Crippen LogP contribution in [0, 0.1) is 0 Å². The second-order valence-electron chi connectivity index (χ2n) is 7.05. The Morgan fingerprint density at radius 3 is 2.56 bits per heavy atom. The summed E-state index contributed by atoms with van der Waals surface area (Å²) in [5.74, 6) is -1.05. The van der Waals surface area contributed by atoms with Crippen molar-refractivity contribution in [2.24, 2.45) is 0 Å². The van der Waals surface area contributed by atoms with Crippen LogP contribution in [-0.4, -0.2) is 42.5 Å². The minimum absolute atomic E-state index is 0.324. The lowest BCUT2D eigenvalue weighted by Gasteiger charge is -2.28. The highest BCUT2D eigenvalue weighted by Gasteiger charge is 2.58. The van der Waals surface area contributed by atoms with Gasteiger partial charge in [-0.2, -0.15) is 0 Å². The summed E-state index contributed by atoms with van der Waals surface area (Å²) in [5, 5.41) is 0. The van der Waals surface area contributed by atoms with Crippen molar-refractivity contribution >= 4 is 5.97 Å².